The summed E-state index contributed by atoms with van der Waals surface area (Å²) in [7, 11) is 0. The molecule has 2 aliphatic rings. The summed E-state index contributed by atoms with van der Waals surface area (Å²) in [5, 5.41) is 0. The van der Waals surface area contributed by atoms with Crippen LogP contribution in [0.25, 0.3) is 0 Å². The molecule has 0 unspecified atom stereocenters. The van der Waals surface area contributed by atoms with Crippen molar-refractivity contribution in [1.82, 2.24) is 9.80 Å². The van der Waals surface area contributed by atoms with Crippen LogP contribution in [0.5, 0.6) is 5.75 Å². The molecule has 0 bridgehead atoms. The SMILES string of the molecule is CCCC(=O)N1CCC(N2CCC(Oc3ccccc3F)CC2)CC1. The third kappa shape index (κ3) is 4.72. The molecule has 2 aliphatic heterocycles. The molecule has 5 heteroatoms. The minimum atomic E-state index is -0.283. The summed E-state index contributed by atoms with van der Waals surface area (Å²) in [6.07, 6.45) is 5.69. The minimum Gasteiger partial charge on any atom is -0.487 e. The normalized spacial score (nSPS) is 20.6. The molecular formula is C20H29FN2O2. The number of amides is 1. The van der Waals surface area contributed by atoms with Gasteiger partial charge in [-0.3, -0.25) is 9.69 Å². The Balaban J connectivity index is 1.42. The number of halogens is 1. The molecule has 25 heavy (non-hydrogen) atoms. The maximum Gasteiger partial charge on any atom is 0.222 e. The van der Waals surface area contributed by atoms with E-state index in [0.717, 1.165) is 58.3 Å². The van der Waals surface area contributed by atoms with Gasteiger partial charge < -0.3 is 9.64 Å². The predicted molar refractivity (Wildman–Crippen MR) is 96.1 cm³/mol. The zero-order valence-corrected chi connectivity index (χ0v) is 15.1. The van der Waals surface area contributed by atoms with E-state index in [1.807, 2.05) is 4.90 Å². The summed E-state index contributed by atoms with van der Waals surface area (Å²) >= 11 is 0. The Morgan fingerprint density at radius 2 is 1.80 bits per heavy atom. The second kappa shape index (κ2) is 8.65. The molecule has 138 valence electrons. The standard InChI is InChI=1S/C20H29FN2O2/c1-2-5-20(24)23-12-8-16(9-13-23)22-14-10-17(11-15-22)25-19-7-4-3-6-18(19)21/h3-4,6-7,16-17H,2,5,8-15H2,1H3. The molecule has 0 atom stereocenters. The van der Waals surface area contributed by atoms with Crippen LogP contribution in [0.15, 0.2) is 24.3 Å². The largest absolute Gasteiger partial charge is 0.487 e. The van der Waals surface area contributed by atoms with Crippen molar-refractivity contribution in [3.63, 3.8) is 0 Å². The fourth-order valence-electron chi connectivity index (χ4n) is 3.93. The second-order valence-electron chi connectivity index (χ2n) is 7.15. The first-order valence-corrected chi connectivity index (χ1v) is 9.60. The first-order valence-electron chi connectivity index (χ1n) is 9.60. The van der Waals surface area contributed by atoms with Crippen molar-refractivity contribution < 1.29 is 13.9 Å². The first-order chi connectivity index (χ1) is 12.2. The Kier molecular flexibility index (Phi) is 6.29. The number of piperidine rings is 2. The van der Waals surface area contributed by atoms with E-state index in [1.165, 1.54) is 6.07 Å². The molecule has 2 fully saturated rings. The third-order valence-electron chi connectivity index (χ3n) is 5.40. The number of carbonyl (C=O) groups excluding carboxylic acids is 1. The van der Waals surface area contributed by atoms with Gasteiger partial charge in [-0.05, 0) is 44.2 Å². The minimum absolute atomic E-state index is 0.0966. The van der Waals surface area contributed by atoms with Gasteiger partial charge in [-0.2, -0.15) is 0 Å². The Bertz CT molecular complexity index is 565. The van der Waals surface area contributed by atoms with Crippen molar-refractivity contribution in [2.24, 2.45) is 0 Å². The van der Waals surface area contributed by atoms with Crippen LogP contribution < -0.4 is 4.74 Å². The Labute approximate surface area is 149 Å². The quantitative estimate of drug-likeness (QED) is 0.817. The Hall–Kier alpha value is -1.62. The number of hydrogen-bond acceptors (Lipinski definition) is 3. The second-order valence-corrected chi connectivity index (χ2v) is 7.15. The van der Waals surface area contributed by atoms with Gasteiger partial charge in [0.2, 0.25) is 5.91 Å². The van der Waals surface area contributed by atoms with Crippen molar-refractivity contribution in [3.8, 4) is 5.75 Å². The van der Waals surface area contributed by atoms with Crippen LogP contribution in [0.3, 0.4) is 0 Å². The van der Waals surface area contributed by atoms with E-state index in [2.05, 4.69) is 11.8 Å². The summed E-state index contributed by atoms with van der Waals surface area (Å²) in [6, 6.07) is 7.20. The van der Waals surface area contributed by atoms with Crippen molar-refractivity contribution >= 4 is 5.91 Å². The summed E-state index contributed by atoms with van der Waals surface area (Å²) < 4.78 is 19.5. The number of ether oxygens (including phenoxy) is 1. The maximum absolute atomic E-state index is 13.7. The molecule has 0 saturated carbocycles. The van der Waals surface area contributed by atoms with Crippen LogP contribution in [0.1, 0.15) is 45.4 Å². The first kappa shape index (κ1) is 18.2. The lowest BCUT2D eigenvalue weighted by atomic mass is 9.98. The highest BCUT2D eigenvalue weighted by Crippen LogP contribution is 2.25. The predicted octanol–water partition coefficient (Wildman–Crippen LogP) is 3.46. The van der Waals surface area contributed by atoms with Gasteiger partial charge in [0, 0.05) is 38.6 Å². The van der Waals surface area contributed by atoms with Gasteiger partial charge in [0.15, 0.2) is 11.6 Å². The molecule has 0 aliphatic carbocycles. The summed E-state index contributed by atoms with van der Waals surface area (Å²) in [4.78, 5) is 16.5. The molecule has 1 amide bonds. The molecule has 0 radical (unpaired) electrons. The monoisotopic (exact) mass is 348 g/mol. The lowest BCUT2D eigenvalue weighted by Gasteiger charge is -2.41. The van der Waals surface area contributed by atoms with Crippen molar-refractivity contribution in [3.05, 3.63) is 30.1 Å². The van der Waals surface area contributed by atoms with E-state index >= 15 is 0 Å². The Morgan fingerprint density at radius 1 is 1.12 bits per heavy atom. The van der Waals surface area contributed by atoms with Crippen molar-refractivity contribution in [2.75, 3.05) is 26.2 Å². The number of carbonyl (C=O) groups is 1. The fourth-order valence-corrected chi connectivity index (χ4v) is 3.93. The third-order valence-corrected chi connectivity index (χ3v) is 5.40. The van der Waals surface area contributed by atoms with Crippen LogP contribution in [0.4, 0.5) is 4.39 Å². The van der Waals surface area contributed by atoms with Crippen molar-refractivity contribution in [1.29, 1.82) is 0 Å². The van der Waals surface area contributed by atoms with Gasteiger partial charge in [-0.25, -0.2) is 4.39 Å². The number of likely N-dealkylation sites (tertiary alicyclic amines) is 2. The molecule has 1 aromatic rings. The molecule has 4 nitrogen and oxygen atoms in total. The number of hydrogen-bond donors (Lipinski definition) is 0. The highest BCUT2D eigenvalue weighted by atomic mass is 19.1. The van der Waals surface area contributed by atoms with Crippen LogP contribution in [-0.2, 0) is 4.79 Å². The van der Waals surface area contributed by atoms with Gasteiger partial charge in [-0.1, -0.05) is 19.1 Å². The Morgan fingerprint density at radius 3 is 2.44 bits per heavy atom. The summed E-state index contributed by atoms with van der Waals surface area (Å²) in [5.74, 6) is 0.385. The molecule has 2 heterocycles. The van der Waals surface area contributed by atoms with E-state index in [1.54, 1.807) is 18.2 Å². The van der Waals surface area contributed by atoms with Gasteiger partial charge in [0.1, 0.15) is 6.10 Å². The average Bonchev–Trinajstić information content (AvgIpc) is 2.65. The van der Waals surface area contributed by atoms with Crippen LogP contribution in [0, 0.1) is 5.82 Å². The summed E-state index contributed by atoms with van der Waals surface area (Å²) in [6.45, 7) is 5.81. The molecule has 0 spiro atoms. The lowest BCUT2D eigenvalue weighted by molar-refractivity contribution is -0.132. The van der Waals surface area contributed by atoms with E-state index < -0.39 is 0 Å². The fraction of sp³-hybridized carbons (Fsp3) is 0.650. The highest BCUT2D eigenvalue weighted by molar-refractivity contribution is 5.76. The zero-order chi connectivity index (χ0) is 17.6. The van der Waals surface area contributed by atoms with E-state index in [0.29, 0.717) is 24.1 Å². The van der Waals surface area contributed by atoms with Crippen molar-refractivity contribution in [2.45, 2.75) is 57.6 Å². The number of nitrogens with zero attached hydrogens (tertiary/aromatic N) is 2. The molecular weight excluding hydrogens is 319 g/mol. The average molecular weight is 348 g/mol. The lowest BCUT2D eigenvalue weighted by Crippen LogP contribution is -2.50. The maximum atomic E-state index is 13.7. The van der Waals surface area contributed by atoms with Gasteiger partial charge in [0.05, 0.1) is 0 Å². The number of benzene rings is 1. The topological polar surface area (TPSA) is 32.8 Å². The van der Waals surface area contributed by atoms with Gasteiger partial charge >= 0.3 is 0 Å². The van der Waals surface area contributed by atoms with Crippen LogP contribution >= 0.6 is 0 Å². The van der Waals surface area contributed by atoms with E-state index in [-0.39, 0.29) is 11.9 Å². The van der Waals surface area contributed by atoms with Crippen LogP contribution in [0.2, 0.25) is 0 Å². The van der Waals surface area contributed by atoms with Gasteiger partial charge in [0.25, 0.3) is 0 Å². The molecule has 1 aromatic carbocycles. The van der Waals surface area contributed by atoms with Crippen LogP contribution in [-0.4, -0.2) is 54.0 Å². The molecule has 0 N–H and O–H groups in total. The smallest absolute Gasteiger partial charge is 0.222 e. The number of rotatable bonds is 5. The molecule has 2 saturated heterocycles. The highest BCUT2D eigenvalue weighted by Gasteiger charge is 2.30. The molecule has 0 aromatic heterocycles. The van der Waals surface area contributed by atoms with E-state index in [4.69, 9.17) is 4.74 Å². The van der Waals surface area contributed by atoms with E-state index in [9.17, 15) is 9.18 Å². The zero-order valence-electron chi connectivity index (χ0n) is 15.1. The molecule has 3 rings (SSSR count). The number of para-hydroxylation sites is 1. The van der Waals surface area contributed by atoms with Gasteiger partial charge in [-0.15, -0.1) is 0 Å². The summed E-state index contributed by atoms with van der Waals surface area (Å²) in [5.41, 5.74) is 0.